The molecule has 5 heteroatoms. The normalized spacial score (nSPS) is 19.9. The molecule has 21 heavy (non-hydrogen) atoms. The van der Waals surface area contributed by atoms with E-state index >= 15 is 0 Å². The van der Waals surface area contributed by atoms with Crippen LogP contribution in [-0.2, 0) is 0 Å². The molecule has 0 spiro atoms. The number of pyridine rings is 1. The molecule has 0 saturated carbocycles. The second kappa shape index (κ2) is 6.33. The molecule has 1 N–H and O–H groups in total. The molecule has 114 valence electrons. The lowest BCUT2D eigenvalue weighted by Gasteiger charge is -2.30. The highest BCUT2D eigenvalue weighted by Crippen LogP contribution is 2.26. The zero-order valence-electron chi connectivity index (χ0n) is 12.7. The molecule has 2 aliphatic rings. The molecule has 5 nitrogen and oxygen atoms in total. The van der Waals surface area contributed by atoms with Gasteiger partial charge in [0.25, 0.3) is 0 Å². The summed E-state index contributed by atoms with van der Waals surface area (Å²) in [6.07, 6.45) is 6.40. The van der Waals surface area contributed by atoms with Crippen molar-refractivity contribution in [2.45, 2.75) is 32.6 Å². The minimum absolute atomic E-state index is 0.00958. The first-order chi connectivity index (χ1) is 10.2. The summed E-state index contributed by atoms with van der Waals surface area (Å²) in [5, 5.41) is 3.05. The Morgan fingerprint density at radius 1 is 1.24 bits per heavy atom. The summed E-state index contributed by atoms with van der Waals surface area (Å²) in [4.78, 5) is 21.0. The van der Waals surface area contributed by atoms with Gasteiger partial charge in [-0.15, -0.1) is 0 Å². The van der Waals surface area contributed by atoms with E-state index in [4.69, 9.17) is 0 Å². The molecule has 0 aromatic carbocycles. The van der Waals surface area contributed by atoms with Crippen molar-refractivity contribution in [1.82, 2.24) is 9.88 Å². The van der Waals surface area contributed by atoms with Gasteiger partial charge in [0, 0.05) is 32.4 Å². The number of anilines is 2. The van der Waals surface area contributed by atoms with Crippen molar-refractivity contribution in [3.63, 3.8) is 0 Å². The molecule has 3 rings (SSSR count). The quantitative estimate of drug-likeness (QED) is 0.910. The summed E-state index contributed by atoms with van der Waals surface area (Å²) in [5.41, 5.74) is 0.836. The number of rotatable bonds is 2. The van der Waals surface area contributed by atoms with E-state index in [1.165, 1.54) is 12.8 Å². The number of amides is 2. The lowest BCUT2D eigenvalue weighted by atomic mass is 10.00. The lowest BCUT2D eigenvalue weighted by Crippen LogP contribution is -2.40. The molecular formula is C16H24N4O. The van der Waals surface area contributed by atoms with Gasteiger partial charge in [0.05, 0.1) is 5.69 Å². The fraction of sp³-hybridized carbons (Fsp3) is 0.625. The number of hydrogen-bond donors (Lipinski definition) is 1. The zero-order chi connectivity index (χ0) is 14.7. The summed E-state index contributed by atoms with van der Waals surface area (Å²) in [6, 6.07) is 3.84. The Kier molecular flexibility index (Phi) is 4.27. The van der Waals surface area contributed by atoms with Crippen LogP contribution in [-0.4, -0.2) is 42.1 Å². The first-order valence-electron chi connectivity index (χ1n) is 8.00. The van der Waals surface area contributed by atoms with Crippen LogP contribution in [0.3, 0.4) is 0 Å². The topological polar surface area (TPSA) is 48.5 Å². The molecule has 2 amide bonds. The van der Waals surface area contributed by atoms with Gasteiger partial charge < -0.3 is 15.1 Å². The number of carbonyl (C=O) groups excluding carboxylic acids is 1. The summed E-state index contributed by atoms with van der Waals surface area (Å²) in [5.74, 6) is 1.64. The number of nitrogens with one attached hydrogen (secondary N) is 1. The first kappa shape index (κ1) is 14.2. The number of piperidine rings is 1. The van der Waals surface area contributed by atoms with Crippen LogP contribution in [0.15, 0.2) is 18.3 Å². The largest absolute Gasteiger partial charge is 0.355 e. The summed E-state index contributed by atoms with van der Waals surface area (Å²) in [7, 11) is 0. The van der Waals surface area contributed by atoms with E-state index in [1.807, 2.05) is 17.0 Å². The lowest BCUT2D eigenvalue weighted by molar-refractivity contribution is 0.186. The van der Waals surface area contributed by atoms with Crippen LogP contribution in [0.1, 0.15) is 32.6 Å². The van der Waals surface area contributed by atoms with E-state index in [9.17, 15) is 4.79 Å². The minimum atomic E-state index is 0.00958. The molecule has 2 fully saturated rings. The summed E-state index contributed by atoms with van der Waals surface area (Å²) >= 11 is 0. The average Bonchev–Trinajstić information content (AvgIpc) is 3.02. The number of urea groups is 1. The zero-order valence-corrected chi connectivity index (χ0v) is 12.7. The fourth-order valence-electron chi connectivity index (χ4n) is 3.08. The van der Waals surface area contributed by atoms with Gasteiger partial charge in [-0.3, -0.25) is 0 Å². The minimum Gasteiger partial charge on any atom is -0.355 e. The molecule has 3 heterocycles. The Bertz CT molecular complexity index is 491. The van der Waals surface area contributed by atoms with Crippen molar-refractivity contribution in [1.29, 1.82) is 0 Å². The average molecular weight is 288 g/mol. The molecule has 0 atom stereocenters. The van der Waals surface area contributed by atoms with E-state index in [-0.39, 0.29) is 6.03 Å². The van der Waals surface area contributed by atoms with Gasteiger partial charge >= 0.3 is 6.03 Å². The van der Waals surface area contributed by atoms with Crippen molar-refractivity contribution >= 4 is 17.5 Å². The summed E-state index contributed by atoms with van der Waals surface area (Å²) in [6.45, 7) is 6.02. The number of carbonyl (C=O) groups is 1. The van der Waals surface area contributed by atoms with Crippen molar-refractivity contribution in [2.24, 2.45) is 5.92 Å². The third-order valence-electron chi connectivity index (χ3n) is 4.50. The second-order valence-corrected chi connectivity index (χ2v) is 6.17. The van der Waals surface area contributed by atoms with Crippen LogP contribution >= 0.6 is 0 Å². The van der Waals surface area contributed by atoms with Crippen molar-refractivity contribution in [3.8, 4) is 0 Å². The number of likely N-dealkylation sites (tertiary alicyclic amines) is 1. The van der Waals surface area contributed by atoms with Crippen LogP contribution in [0, 0.1) is 5.92 Å². The predicted molar refractivity (Wildman–Crippen MR) is 84.7 cm³/mol. The third-order valence-corrected chi connectivity index (χ3v) is 4.50. The molecule has 1 aromatic rings. The van der Waals surface area contributed by atoms with E-state index in [1.54, 1.807) is 6.20 Å². The van der Waals surface area contributed by atoms with Gasteiger partial charge in [0.2, 0.25) is 0 Å². The predicted octanol–water partition coefficient (Wildman–Crippen LogP) is 2.95. The Hall–Kier alpha value is -1.78. The fourth-order valence-corrected chi connectivity index (χ4v) is 3.08. The highest BCUT2D eigenvalue weighted by molar-refractivity contribution is 5.92. The molecular weight excluding hydrogens is 264 g/mol. The molecule has 0 bridgehead atoms. The van der Waals surface area contributed by atoms with Crippen LogP contribution in [0.2, 0.25) is 0 Å². The smallest absolute Gasteiger partial charge is 0.321 e. The number of hydrogen-bond acceptors (Lipinski definition) is 3. The third kappa shape index (κ3) is 3.28. The molecule has 2 aliphatic heterocycles. The van der Waals surface area contributed by atoms with Gasteiger partial charge in [-0.25, -0.2) is 9.78 Å². The molecule has 2 saturated heterocycles. The van der Waals surface area contributed by atoms with Gasteiger partial charge in [-0.2, -0.15) is 0 Å². The Morgan fingerprint density at radius 3 is 2.67 bits per heavy atom. The van der Waals surface area contributed by atoms with Crippen LogP contribution in [0.4, 0.5) is 16.3 Å². The Morgan fingerprint density at radius 2 is 1.95 bits per heavy atom. The van der Waals surface area contributed by atoms with Gasteiger partial charge in [-0.1, -0.05) is 6.92 Å². The van der Waals surface area contributed by atoms with Crippen molar-refractivity contribution in [3.05, 3.63) is 18.3 Å². The van der Waals surface area contributed by atoms with Gasteiger partial charge in [0.1, 0.15) is 0 Å². The SMILES string of the molecule is CC1CCN(C(=O)Nc2cccnc2N2CCCC2)CC1. The van der Waals surface area contributed by atoms with E-state index in [0.29, 0.717) is 0 Å². The monoisotopic (exact) mass is 288 g/mol. The number of nitrogens with zero attached hydrogens (tertiary/aromatic N) is 3. The maximum absolute atomic E-state index is 12.4. The van der Waals surface area contributed by atoms with E-state index < -0.39 is 0 Å². The molecule has 0 unspecified atom stereocenters. The molecule has 1 aromatic heterocycles. The van der Waals surface area contributed by atoms with E-state index in [2.05, 4.69) is 22.1 Å². The van der Waals surface area contributed by atoms with Gasteiger partial charge in [0.15, 0.2) is 5.82 Å². The van der Waals surface area contributed by atoms with Crippen molar-refractivity contribution in [2.75, 3.05) is 36.4 Å². The highest BCUT2D eigenvalue weighted by Gasteiger charge is 2.22. The van der Waals surface area contributed by atoms with Gasteiger partial charge in [-0.05, 0) is 43.7 Å². The highest BCUT2D eigenvalue weighted by atomic mass is 16.2. The number of aromatic nitrogens is 1. The van der Waals surface area contributed by atoms with Crippen molar-refractivity contribution < 1.29 is 4.79 Å². The first-order valence-corrected chi connectivity index (χ1v) is 8.00. The van der Waals surface area contributed by atoms with Crippen LogP contribution < -0.4 is 10.2 Å². The Balaban J connectivity index is 1.68. The maximum atomic E-state index is 12.4. The Labute approximate surface area is 126 Å². The second-order valence-electron chi connectivity index (χ2n) is 6.17. The standard InChI is InChI=1S/C16H24N4O/c1-13-6-11-20(12-7-13)16(21)18-14-5-4-8-17-15(14)19-9-2-3-10-19/h4-5,8,13H,2-3,6-7,9-12H2,1H3,(H,18,21). The van der Waals surface area contributed by atoms with Crippen LogP contribution in [0.25, 0.3) is 0 Å². The maximum Gasteiger partial charge on any atom is 0.321 e. The van der Waals surface area contributed by atoms with Crippen LogP contribution in [0.5, 0.6) is 0 Å². The molecule has 0 radical (unpaired) electrons. The van der Waals surface area contributed by atoms with E-state index in [0.717, 1.165) is 56.4 Å². The molecule has 0 aliphatic carbocycles. The summed E-state index contributed by atoms with van der Waals surface area (Å²) < 4.78 is 0.